The van der Waals surface area contributed by atoms with E-state index in [-0.39, 0.29) is 11.2 Å². The molecule has 5 nitrogen and oxygen atoms in total. The second-order valence-corrected chi connectivity index (χ2v) is 6.82. The molecular weight excluding hydrogens is 322 g/mol. The lowest BCUT2D eigenvalue weighted by atomic mass is 10.2. The van der Waals surface area contributed by atoms with Crippen molar-refractivity contribution in [3.63, 3.8) is 0 Å². The van der Waals surface area contributed by atoms with Crippen LogP contribution in [0.15, 0.2) is 54.5 Å². The SMILES string of the molecule is C=CCN1CC[C@@H](Sc2nccn2Cc2ccc(OC)cc2)C1=O. The minimum atomic E-state index is -0.0537. The minimum absolute atomic E-state index is 0.0537. The molecule has 126 valence electrons. The van der Waals surface area contributed by atoms with E-state index in [1.54, 1.807) is 31.1 Å². The summed E-state index contributed by atoms with van der Waals surface area (Å²) >= 11 is 1.55. The predicted molar refractivity (Wildman–Crippen MR) is 95.4 cm³/mol. The quantitative estimate of drug-likeness (QED) is 0.725. The highest BCUT2D eigenvalue weighted by atomic mass is 32.2. The third-order valence-corrected chi connectivity index (χ3v) is 5.31. The molecule has 0 aliphatic carbocycles. The van der Waals surface area contributed by atoms with Gasteiger partial charge in [0.15, 0.2) is 5.16 Å². The molecule has 1 saturated heterocycles. The van der Waals surface area contributed by atoms with Crippen LogP contribution in [0.2, 0.25) is 0 Å². The number of aromatic nitrogens is 2. The van der Waals surface area contributed by atoms with E-state index < -0.39 is 0 Å². The summed E-state index contributed by atoms with van der Waals surface area (Å²) in [7, 11) is 1.66. The first-order valence-electron chi connectivity index (χ1n) is 7.91. The molecule has 0 unspecified atom stereocenters. The van der Waals surface area contributed by atoms with Crippen LogP contribution in [-0.4, -0.2) is 45.8 Å². The average molecular weight is 343 g/mol. The van der Waals surface area contributed by atoms with Gasteiger partial charge in [-0.25, -0.2) is 4.98 Å². The monoisotopic (exact) mass is 343 g/mol. The van der Waals surface area contributed by atoms with Gasteiger partial charge in [0.05, 0.1) is 12.4 Å². The maximum atomic E-state index is 12.4. The number of amides is 1. The molecule has 3 rings (SSSR count). The van der Waals surface area contributed by atoms with Crippen LogP contribution in [0.4, 0.5) is 0 Å². The predicted octanol–water partition coefficient (Wildman–Crippen LogP) is 2.82. The Morgan fingerprint density at radius 1 is 1.42 bits per heavy atom. The van der Waals surface area contributed by atoms with Crippen LogP contribution in [0.3, 0.4) is 0 Å². The largest absolute Gasteiger partial charge is 0.497 e. The van der Waals surface area contributed by atoms with Crippen LogP contribution in [0, 0.1) is 0 Å². The highest BCUT2D eigenvalue weighted by molar-refractivity contribution is 8.00. The number of methoxy groups -OCH3 is 1. The van der Waals surface area contributed by atoms with Gasteiger partial charge >= 0.3 is 0 Å². The van der Waals surface area contributed by atoms with Gasteiger partial charge in [0.2, 0.25) is 5.91 Å². The standard InChI is InChI=1S/C18H21N3O2S/c1-3-10-20-11-8-16(17(20)22)24-18-19-9-12-21(18)13-14-4-6-15(23-2)7-5-14/h3-7,9,12,16H,1,8,10-11,13H2,2H3/t16-/m1/s1. The fraction of sp³-hybridized carbons (Fsp3) is 0.333. The lowest BCUT2D eigenvalue weighted by molar-refractivity contribution is -0.126. The minimum Gasteiger partial charge on any atom is -0.497 e. The molecule has 2 heterocycles. The molecule has 6 heteroatoms. The van der Waals surface area contributed by atoms with E-state index in [2.05, 4.69) is 16.1 Å². The molecule has 0 bridgehead atoms. The van der Waals surface area contributed by atoms with Crippen molar-refractivity contribution in [1.82, 2.24) is 14.5 Å². The third kappa shape index (κ3) is 3.64. The molecule has 1 aliphatic rings. The molecule has 1 aliphatic heterocycles. The number of carbonyl (C=O) groups is 1. The molecule has 0 N–H and O–H groups in total. The van der Waals surface area contributed by atoms with Gasteiger partial charge in [0.25, 0.3) is 0 Å². The van der Waals surface area contributed by atoms with Crippen molar-refractivity contribution in [2.24, 2.45) is 0 Å². The highest BCUT2D eigenvalue weighted by Crippen LogP contribution is 2.30. The summed E-state index contributed by atoms with van der Waals surface area (Å²) in [6.45, 7) is 5.85. The summed E-state index contributed by atoms with van der Waals surface area (Å²) < 4.78 is 7.27. The van der Waals surface area contributed by atoms with Crippen LogP contribution < -0.4 is 4.74 Å². The number of likely N-dealkylation sites (tertiary alicyclic amines) is 1. The van der Waals surface area contributed by atoms with Crippen LogP contribution >= 0.6 is 11.8 Å². The number of hydrogen-bond donors (Lipinski definition) is 0. The number of thioether (sulfide) groups is 1. The first-order valence-corrected chi connectivity index (χ1v) is 8.79. The van der Waals surface area contributed by atoms with Crippen molar-refractivity contribution in [2.75, 3.05) is 20.2 Å². The Bertz CT molecular complexity index is 711. The zero-order valence-electron chi connectivity index (χ0n) is 13.7. The Balaban J connectivity index is 1.67. The van der Waals surface area contributed by atoms with Gasteiger partial charge in [-0.05, 0) is 24.1 Å². The normalized spacial score (nSPS) is 17.3. The third-order valence-electron chi connectivity index (χ3n) is 4.03. The van der Waals surface area contributed by atoms with E-state index >= 15 is 0 Å². The molecule has 0 radical (unpaired) electrons. The molecule has 1 aromatic carbocycles. The number of hydrogen-bond acceptors (Lipinski definition) is 4. The second kappa shape index (κ2) is 7.57. The Morgan fingerprint density at radius 3 is 2.92 bits per heavy atom. The highest BCUT2D eigenvalue weighted by Gasteiger charge is 2.32. The van der Waals surface area contributed by atoms with E-state index in [0.717, 1.165) is 30.4 Å². The fourth-order valence-electron chi connectivity index (χ4n) is 2.75. The van der Waals surface area contributed by atoms with Gasteiger partial charge < -0.3 is 14.2 Å². The summed E-state index contributed by atoms with van der Waals surface area (Å²) in [5.74, 6) is 1.02. The van der Waals surface area contributed by atoms with Gasteiger partial charge in [-0.2, -0.15) is 0 Å². The number of imidazole rings is 1. The molecule has 1 aromatic heterocycles. The smallest absolute Gasteiger partial charge is 0.236 e. The van der Waals surface area contributed by atoms with E-state index in [1.807, 2.05) is 35.4 Å². The lowest BCUT2D eigenvalue weighted by Gasteiger charge is -2.14. The summed E-state index contributed by atoms with van der Waals surface area (Å²) in [4.78, 5) is 18.6. The average Bonchev–Trinajstić information content (AvgIpc) is 3.18. The van der Waals surface area contributed by atoms with Crippen LogP contribution in [0.1, 0.15) is 12.0 Å². The number of rotatable bonds is 7. The Labute approximate surface area is 146 Å². The van der Waals surface area contributed by atoms with Crippen molar-refractivity contribution in [3.8, 4) is 5.75 Å². The maximum absolute atomic E-state index is 12.4. The molecule has 2 aromatic rings. The number of ether oxygens (including phenoxy) is 1. The van der Waals surface area contributed by atoms with E-state index in [1.165, 1.54) is 5.56 Å². The Hall–Kier alpha value is -2.21. The molecule has 24 heavy (non-hydrogen) atoms. The lowest BCUT2D eigenvalue weighted by Crippen LogP contribution is -2.28. The van der Waals surface area contributed by atoms with E-state index in [9.17, 15) is 4.79 Å². The van der Waals surface area contributed by atoms with Crippen molar-refractivity contribution < 1.29 is 9.53 Å². The van der Waals surface area contributed by atoms with E-state index in [0.29, 0.717) is 6.54 Å². The Morgan fingerprint density at radius 2 is 2.21 bits per heavy atom. The number of carbonyl (C=O) groups excluding carboxylic acids is 1. The molecule has 0 spiro atoms. The summed E-state index contributed by atoms with van der Waals surface area (Å²) in [6, 6.07) is 7.99. The van der Waals surface area contributed by atoms with E-state index in [4.69, 9.17) is 4.74 Å². The van der Waals surface area contributed by atoms with Crippen LogP contribution in [-0.2, 0) is 11.3 Å². The van der Waals surface area contributed by atoms with Gasteiger partial charge in [-0.15, -0.1) is 6.58 Å². The topological polar surface area (TPSA) is 47.4 Å². The van der Waals surface area contributed by atoms with Crippen molar-refractivity contribution in [3.05, 3.63) is 54.9 Å². The summed E-state index contributed by atoms with van der Waals surface area (Å²) in [5, 5.41) is 0.826. The molecule has 1 atom stereocenters. The Kier molecular flexibility index (Phi) is 5.25. The van der Waals surface area contributed by atoms with Crippen LogP contribution in [0.25, 0.3) is 0 Å². The first kappa shape index (κ1) is 16.6. The zero-order chi connectivity index (χ0) is 16.9. The maximum Gasteiger partial charge on any atom is 0.236 e. The van der Waals surface area contributed by atoms with Gasteiger partial charge in [0, 0.05) is 32.0 Å². The van der Waals surface area contributed by atoms with Gasteiger partial charge in [-0.3, -0.25) is 4.79 Å². The van der Waals surface area contributed by atoms with Crippen molar-refractivity contribution in [2.45, 2.75) is 23.4 Å². The summed E-state index contributed by atoms with van der Waals surface area (Å²) in [5.41, 5.74) is 1.17. The molecule has 1 amide bonds. The fourth-order valence-corrected chi connectivity index (χ4v) is 3.86. The summed E-state index contributed by atoms with van der Waals surface area (Å²) in [6.07, 6.45) is 6.36. The molecular formula is C18H21N3O2S. The zero-order valence-corrected chi connectivity index (χ0v) is 14.5. The van der Waals surface area contributed by atoms with Crippen LogP contribution in [0.5, 0.6) is 5.75 Å². The molecule has 1 fully saturated rings. The number of nitrogens with zero attached hydrogens (tertiary/aromatic N) is 3. The van der Waals surface area contributed by atoms with Crippen molar-refractivity contribution in [1.29, 1.82) is 0 Å². The first-order chi connectivity index (χ1) is 11.7. The van der Waals surface area contributed by atoms with Gasteiger partial charge in [0.1, 0.15) is 5.75 Å². The van der Waals surface area contributed by atoms with Crippen molar-refractivity contribution >= 4 is 17.7 Å². The second-order valence-electron chi connectivity index (χ2n) is 5.65. The van der Waals surface area contributed by atoms with Gasteiger partial charge in [-0.1, -0.05) is 30.0 Å². The molecule has 0 saturated carbocycles. The number of benzene rings is 1.